The molecular formula is C23H44N3O+. The van der Waals surface area contributed by atoms with E-state index in [1.54, 1.807) is 6.92 Å². The Morgan fingerprint density at radius 1 is 1.04 bits per heavy atom. The number of carbonyl (C=O) groups is 1. The first-order valence-electron chi connectivity index (χ1n) is 11.3. The number of likely N-dealkylation sites (N-methyl/N-ethyl adjacent to an activating group) is 1. The largest absolute Gasteiger partial charge is 0.351 e. The molecule has 4 heteroatoms. The average Bonchev–Trinajstić information content (AvgIpc) is 3.05. The summed E-state index contributed by atoms with van der Waals surface area (Å²) in [6.07, 6.45) is 24.0. The van der Waals surface area contributed by atoms with E-state index in [4.69, 9.17) is 0 Å². The number of rotatable bonds is 16. The van der Waals surface area contributed by atoms with Gasteiger partial charge in [0.25, 0.3) is 0 Å². The van der Waals surface area contributed by atoms with E-state index >= 15 is 0 Å². The van der Waals surface area contributed by atoms with Gasteiger partial charge >= 0.3 is 0 Å². The Hall–Kier alpha value is -1.29. The van der Waals surface area contributed by atoms with Crippen LogP contribution in [0.1, 0.15) is 91.4 Å². The number of quaternary nitrogens is 1. The Bertz CT molecular complexity index is 447. The summed E-state index contributed by atoms with van der Waals surface area (Å²) in [6, 6.07) is 0. The quantitative estimate of drug-likeness (QED) is 0.219. The Labute approximate surface area is 168 Å². The van der Waals surface area contributed by atoms with Gasteiger partial charge in [-0.2, -0.15) is 0 Å². The zero-order chi connectivity index (χ0) is 19.8. The smallest absolute Gasteiger partial charge is 0.217 e. The van der Waals surface area contributed by atoms with Crippen molar-refractivity contribution in [3.8, 4) is 0 Å². The highest BCUT2D eigenvalue weighted by Crippen LogP contribution is 2.22. The highest BCUT2D eigenvalue weighted by atomic mass is 16.1. The minimum absolute atomic E-state index is 0.0611. The first-order valence-corrected chi connectivity index (χ1v) is 11.3. The van der Waals surface area contributed by atoms with E-state index in [2.05, 4.69) is 49.0 Å². The molecule has 2 atom stereocenters. The fourth-order valence-electron chi connectivity index (χ4n) is 3.93. The van der Waals surface area contributed by atoms with Crippen LogP contribution in [0.4, 0.5) is 0 Å². The molecule has 2 unspecified atom stereocenters. The highest BCUT2D eigenvalue weighted by Gasteiger charge is 2.36. The molecule has 0 spiro atoms. The van der Waals surface area contributed by atoms with E-state index in [0.29, 0.717) is 6.17 Å². The molecule has 0 saturated heterocycles. The van der Waals surface area contributed by atoms with Gasteiger partial charge in [0.2, 0.25) is 5.91 Å². The molecule has 0 saturated carbocycles. The molecule has 1 aliphatic rings. The predicted octanol–water partition coefficient (Wildman–Crippen LogP) is 5.23. The van der Waals surface area contributed by atoms with E-state index in [-0.39, 0.29) is 5.91 Å². The lowest BCUT2D eigenvalue weighted by Crippen LogP contribution is -2.55. The summed E-state index contributed by atoms with van der Waals surface area (Å²) in [5.74, 6) is 0.0611. The maximum Gasteiger partial charge on any atom is 0.217 e. The summed E-state index contributed by atoms with van der Waals surface area (Å²) in [5.41, 5.74) is 0. The number of unbranched alkanes of at least 4 members (excludes halogenated alkanes) is 8. The van der Waals surface area contributed by atoms with Crippen molar-refractivity contribution in [3.63, 3.8) is 0 Å². The molecular weight excluding hydrogens is 334 g/mol. The molecule has 0 aromatic carbocycles. The molecule has 156 valence electrons. The van der Waals surface area contributed by atoms with Crippen LogP contribution in [0.2, 0.25) is 0 Å². The standard InChI is InChI=1S/C23H43N3O/c1-4-6-7-8-9-10-11-12-13-14-15-16-17-23-25-19-21-26(23,5-2)20-18-24-22(3)27/h11-12,19,21,23,25H,4-10,13-18,20H2,1-3H3/p+1/b12-11+. The van der Waals surface area contributed by atoms with Gasteiger partial charge in [-0.15, -0.1) is 0 Å². The van der Waals surface area contributed by atoms with Crippen molar-refractivity contribution in [2.75, 3.05) is 19.6 Å². The summed E-state index contributed by atoms with van der Waals surface area (Å²) in [4.78, 5) is 11.1. The van der Waals surface area contributed by atoms with Crippen LogP contribution in [0.5, 0.6) is 0 Å². The van der Waals surface area contributed by atoms with Gasteiger partial charge in [-0.3, -0.25) is 9.28 Å². The summed E-state index contributed by atoms with van der Waals surface area (Å²) >= 11 is 0. The molecule has 0 radical (unpaired) electrons. The van der Waals surface area contributed by atoms with Crippen molar-refractivity contribution < 1.29 is 9.28 Å². The lowest BCUT2D eigenvalue weighted by Gasteiger charge is -2.37. The zero-order valence-corrected chi connectivity index (χ0v) is 18.1. The van der Waals surface area contributed by atoms with Crippen molar-refractivity contribution >= 4 is 5.91 Å². The molecule has 4 nitrogen and oxygen atoms in total. The van der Waals surface area contributed by atoms with Gasteiger partial charge in [0.05, 0.1) is 19.3 Å². The molecule has 27 heavy (non-hydrogen) atoms. The van der Waals surface area contributed by atoms with Crippen molar-refractivity contribution in [3.05, 3.63) is 24.6 Å². The van der Waals surface area contributed by atoms with Crippen LogP contribution in [0.15, 0.2) is 24.6 Å². The monoisotopic (exact) mass is 378 g/mol. The fraction of sp³-hybridized carbons (Fsp3) is 0.783. The Balaban J connectivity index is 2.11. The van der Waals surface area contributed by atoms with Crippen LogP contribution in [-0.4, -0.2) is 36.2 Å². The Morgan fingerprint density at radius 3 is 2.33 bits per heavy atom. The first-order chi connectivity index (χ1) is 13.1. The van der Waals surface area contributed by atoms with Gasteiger partial charge in [0.1, 0.15) is 12.7 Å². The maximum absolute atomic E-state index is 11.1. The average molecular weight is 379 g/mol. The highest BCUT2D eigenvalue weighted by molar-refractivity contribution is 5.72. The SMILES string of the molecule is CCCCCCC/C=C/CCCCCC1NC=C[N+]1(CC)CCNC(C)=O. The maximum atomic E-state index is 11.1. The van der Waals surface area contributed by atoms with E-state index in [1.165, 1.54) is 70.6 Å². The van der Waals surface area contributed by atoms with Gasteiger partial charge in [-0.25, -0.2) is 0 Å². The Kier molecular flexibility index (Phi) is 13.0. The lowest BCUT2D eigenvalue weighted by atomic mass is 10.1. The number of carbonyl (C=O) groups excluding carboxylic acids is 1. The van der Waals surface area contributed by atoms with Crippen LogP contribution in [0.3, 0.4) is 0 Å². The van der Waals surface area contributed by atoms with Gasteiger partial charge in [0.15, 0.2) is 6.17 Å². The third-order valence-electron chi connectivity index (χ3n) is 5.76. The second-order valence-electron chi connectivity index (χ2n) is 7.94. The van der Waals surface area contributed by atoms with E-state index in [0.717, 1.165) is 24.1 Å². The van der Waals surface area contributed by atoms with Crippen LogP contribution in [0, 0.1) is 0 Å². The summed E-state index contributed by atoms with van der Waals surface area (Å²) < 4.78 is 0.943. The number of allylic oxidation sites excluding steroid dienone is 2. The minimum Gasteiger partial charge on any atom is -0.351 e. The van der Waals surface area contributed by atoms with Crippen LogP contribution in [0.25, 0.3) is 0 Å². The summed E-state index contributed by atoms with van der Waals surface area (Å²) in [6.45, 7) is 8.87. The van der Waals surface area contributed by atoms with E-state index in [1.807, 2.05) is 0 Å². The molecule has 1 amide bonds. The third kappa shape index (κ3) is 9.99. The molecule has 0 aromatic rings. The second-order valence-corrected chi connectivity index (χ2v) is 7.94. The normalized spacial score (nSPS) is 21.7. The molecule has 0 aromatic heterocycles. The first kappa shape index (κ1) is 23.7. The van der Waals surface area contributed by atoms with Crippen molar-refractivity contribution in [1.29, 1.82) is 0 Å². The minimum atomic E-state index is 0.0611. The van der Waals surface area contributed by atoms with Crippen LogP contribution >= 0.6 is 0 Å². The lowest BCUT2D eigenvalue weighted by molar-refractivity contribution is -0.898. The van der Waals surface area contributed by atoms with Crippen molar-refractivity contribution in [1.82, 2.24) is 10.6 Å². The number of hydrogen-bond acceptors (Lipinski definition) is 2. The van der Waals surface area contributed by atoms with Crippen molar-refractivity contribution in [2.24, 2.45) is 0 Å². The number of nitrogens with zero attached hydrogens (tertiary/aromatic N) is 1. The predicted molar refractivity (Wildman–Crippen MR) is 116 cm³/mol. The van der Waals surface area contributed by atoms with E-state index < -0.39 is 0 Å². The van der Waals surface area contributed by atoms with Gasteiger partial charge in [-0.1, -0.05) is 51.2 Å². The molecule has 0 aliphatic carbocycles. The van der Waals surface area contributed by atoms with Crippen LogP contribution in [-0.2, 0) is 4.79 Å². The van der Waals surface area contributed by atoms with E-state index in [9.17, 15) is 4.79 Å². The number of hydrogen-bond donors (Lipinski definition) is 2. The molecule has 0 fully saturated rings. The van der Waals surface area contributed by atoms with Crippen molar-refractivity contribution in [2.45, 2.75) is 97.6 Å². The van der Waals surface area contributed by atoms with Crippen LogP contribution < -0.4 is 10.6 Å². The summed E-state index contributed by atoms with van der Waals surface area (Å²) in [7, 11) is 0. The third-order valence-corrected chi connectivity index (χ3v) is 5.76. The Morgan fingerprint density at radius 2 is 1.70 bits per heavy atom. The van der Waals surface area contributed by atoms with Gasteiger partial charge < -0.3 is 10.6 Å². The number of nitrogens with one attached hydrogen (secondary N) is 2. The molecule has 0 bridgehead atoms. The number of amides is 1. The molecule has 1 aliphatic heterocycles. The van der Waals surface area contributed by atoms with Gasteiger partial charge in [0, 0.05) is 13.3 Å². The molecule has 2 N–H and O–H groups in total. The molecule has 1 rings (SSSR count). The fourth-order valence-corrected chi connectivity index (χ4v) is 3.93. The van der Waals surface area contributed by atoms with Gasteiger partial charge in [-0.05, 0) is 39.0 Å². The summed E-state index contributed by atoms with van der Waals surface area (Å²) in [5, 5.41) is 6.48. The molecule has 1 heterocycles. The zero-order valence-electron chi connectivity index (χ0n) is 18.1. The topological polar surface area (TPSA) is 41.1 Å². The second kappa shape index (κ2) is 14.7.